The molecule has 0 N–H and O–H groups in total. The summed E-state index contributed by atoms with van der Waals surface area (Å²) in [6.07, 6.45) is 6.01. The van der Waals surface area contributed by atoms with E-state index in [9.17, 15) is 38.4 Å². The van der Waals surface area contributed by atoms with Crippen LogP contribution >= 0.6 is 0 Å². The van der Waals surface area contributed by atoms with Crippen LogP contribution in [0.4, 0.5) is 34.1 Å². The molecule has 18 heteroatoms. The number of anilines is 6. The number of esters is 4. The first-order chi connectivity index (χ1) is 49.4. The van der Waals surface area contributed by atoms with Crippen molar-refractivity contribution in [1.29, 1.82) is 0 Å². The van der Waals surface area contributed by atoms with Crippen molar-refractivity contribution >= 4 is 81.4 Å². The highest BCUT2D eigenvalue weighted by molar-refractivity contribution is 6.04. The van der Waals surface area contributed by atoms with Crippen LogP contribution in [-0.4, -0.2) is 146 Å². The number of aryl methyl sites for hydroxylation is 3. The molecule has 6 atom stereocenters. The van der Waals surface area contributed by atoms with Crippen molar-refractivity contribution in [2.24, 2.45) is 17.8 Å². The fourth-order valence-corrected chi connectivity index (χ4v) is 10.5. The molecule has 6 aromatic carbocycles. The SMILES string of the molecule is C.C.CC.CC.CC.CC.CC(=O)CC(=O)N(C)c1ccc(C)cc1.COC(=O)C1CCC1c1ccc(N(C)C)cc1.COC(=O)C1CCC1c1ccc(N(C)CC(C)=O)cc1.COC(C)=O.COC(C)=O.Cc1ccc(N(C)C(=O)C2CCC2c2ccc(N(C)C)cc2)cc1.Cc1ccc(N(C)C)cc1. The number of hydrogen-bond acceptors (Lipinski definition) is 16. The number of carbonyl (C=O) groups is 8. The van der Waals surface area contributed by atoms with E-state index >= 15 is 0 Å². The van der Waals surface area contributed by atoms with Crippen LogP contribution in [0.5, 0.6) is 0 Å². The summed E-state index contributed by atoms with van der Waals surface area (Å²) < 4.78 is 17.9. The van der Waals surface area contributed by atoms with Gasteiger partial charge in [0, 0.05) is 117 Å². The zero-order chi connectivity index (χ0) is 79.9. The van der Waals surface area contributed by atoms with E-state index in [0.29, 0.717) is 18.4 Å². The van der Waals surface area contributed by atoms with Crippen LogP contribution in [-0.2, 0) is 57.3 Å². The van der Waals surface area contributed by atoms with Gasteiger partial charge >= 0.3 is 23.9 Å². The van der Waals surface area contributed by atoms with Crippen LogP contribution in [0.3, 0.4) is 0 Å². The molecule has 0 bridgehead atoms. The van der Waals surface area contributed by atoms with Crippen LogP contribution in [0.25, 0.3) is 0 Å². The van der Waals surface area contributed by atoms with Gasteiger partial charge in [0.1, 0.15) is 11.6 Å². The van der Waals surface area contributed by atoms with Crippen LogP contribution < -0.4 is 29.4 Å². The van der Waals surface area contributed by atoms with E-state index in [1.165, 1.54) is 99.0 Å². The third-order valence-electron chi connectivity index (χ3n) is 17.1. The summed E-state index contributed by atoms with van der Waals surface area (Å²) in [5.41, 5.74) is 13.8. The topological polar surface area (TPSA) is 193 Å². The Morgan fingerprint density at radius 2 is 0.575 bits per heavy atom. The molecule has 592 valence electrons. The van der Waals surface area contributed by atoms with Crippen LogP contribution in [0.2, 0.25) is 0 Å². The average Bonchev–Trinajstić information content (AvgIpc) is 0.801. The maximum Gasteiger partial charge on any atom is 0.309 e. The number of ketones is 2. The molecule has 3 aliphatic rings. The highest BCUT2D eigenvalue weighted by atomic mass is 16.5. The van der Waals surface area contributed by atoms with Gasteiger partial charge in [-0.25, -0.2) is 0 Å². The smallest absolute Gasteiger partial charge is 0.309 e. The van der Waals surface area contributed by atoms with E-state index in [1.54, 1.807) is 14.0 Å². The molecule has 0 spiro atoms. The van der Waals surface area contributed by atoms with Gasteiger partial charge in [-0.1, -0.05) is 160 Å². The number of ether oxygens (including phenoxy) is 4. The molecule has 0 radical (unpaired) electrons. The van der Waals surface area contributed by atoms with Crippen molar-refractivity contribution in [3.05, 3.63) is 179 Å². The van der Waals surface area contributed by atoms with E-state index in [1.807, 2.05) is 189 Å². The summed E-state index contributed by atoms with van der Waals surface area (Å²) >= 11 is 0. The van der Waals surface area contributed by atoms with Gasteiger partial charge in [-0.05, 0) is 180 Å². The average molecular weight is 1470 g/mol. The lowest BCUT2D eigenvalue weighted by atomic mass is 9.69. The van der Waals surface area contributed by atoms with Gasteiger partial charge in [-0.3, -0.25) is 38.4 Å². The normalized spacial score (nSPS) is 15.2. The minimum absolute atomic E-state index is 0. The van der Waals surface area contributed by atoms with Gasteiger partial charge in [0.25, 0.3) is 0 Å². The first-order valence-corrected chi connectivity index (χ1v) is 36.4. The Labute approximate surface area is 641 Å². The largest absolute Gasteiger partial charge is 0.469 e. The number of Topliss-reactive ketones (excluding diaryl/α,β-unsaturated/α-hetero) is 2. The summed E-state index contributed by atoms with van der Waals surface area (Å²) in [4.78, 5) is 100. The first kappa shape index (κ1) is 103. The molecule has 2 amide bonds. The van der Waals surface area contributed by atoms with Crippen LogP contribution in [0.15, 0.2) is 146 Å². The van der Waals surface area contributed by atoms with E-state index in [-0.39, 0.29) is 92.2 Å². The van der Waals surface area contributed by atoms with E-state index in [0.717, 1.165) is 61.2 Å². The van der Waals surface area contributed by atoms with Gasteiger partial charge in [-0.2, -0.15) is 0 Å². The number of hydrogen-bond donors (Lipinski definition) is 0. The van der Waals surface area contributed by atoms with Crippen molar-refractivity contribution in [3.63, 3.8) is 0 Å². The number of carbonyl (C=O) groups excluding carboxylic acids is 8. The lowest BCUT2D eigenvalue weighted by Gasteiger charge is -2.38. The summed E-state index contributed by atoms with van der Waals surface area (Å²) in [6, 6.07) is 49.4. The lowest BCUT2D eigenvalue weighted by molar-refractivity contribution is -0.150. The highest BCUT2D eigenvalue weighted by Crippen LogP contribution is 2.46. The van der Waals surface area contributed by atoms with Gasteiger partial charge in [-0.15, -0.1) is 0 Å². The van der Waals surface area contributed by atoms with Gasteiger partial charge in [0.2, 0.25) is 11.8 Å². The number of nitrogens with zero attached hydrogens (tertiary/aromatic N) is 6. The van der Waals surface area contributed by atoms with E-state index in [2.05, 4.69) is 123 Å². The van der Waals surface area contributed by atoms with Crippen molar-refractivity contribution in [3.8, 4) is 0 Å². The number of likely N-dealkylation sites (N-methyl/N-ethyl adjacent to an activating group) is 1. The Kier molecular flexibility index (Phi) is 55.4. The molecular formula is C88H138N6O12. The van der Waals surface area contributed by atoms with Gasteiger partial charge < -0.3 is 48.3 Å². The molecule has 6 aromatic rings. The second kappa shape index (κ2) is 57.0. The predicted molar refractivity (Wildman–Crippen MR) is 447 cm³/mol. The Hall–Kier alpha value is -9.32. The van der Waals surface area contributed by atoms with Gasteiger partial charge in [0.05, 0.1) is 53.2 Å². The van der Waals surface area contributed by atoms with Gasteiger partial charge in [0.15, 0.2) is 0 Å². The second-order valence-electron chi connectivity index (χ2n) is 25.1. The minimum atomic E-state index is -0.245. The quantitative estimate of drug-likeness (QED) is 0.0504. The fourth-order valence-electron chi connectivity index (χ4n) is 10.5. The zero-order valence-corrected chi connectivity index (χ0v) is 68.6. The lowest BCUT2D eigenvalue weighted by Crippen LogP contribution is -2.40. The molecule has 3 aliphatic carbocycles. The summed E-state index contributed by atoms with van der Waals surface area (Å²) in [5, 5.41) is 0. The van der Waals surface area contributed by atoms with Crippen molar-refractivity contribution < 1.29 is 57.3 Å². The molecule has 6 unspecified atom stereocenters. The molecule has 3 fully saturated rings. The Bertz CT molecular complexity index is 3380. The number of benzene rings is 6. The van der Waals surface area contributed by atoms with Crippen LogP contribution in [0, 0.1) is 38.5 Å². The maximum absolute atomic E-state index is 12.9. The Morgan fingerprint density at radius 1 is 0.330 bits per heavy atom. The molecule has 0 aromatic heterocycles. The molecule has 0 aliphatic heterocycles. The Morgan fingerprint density at radius 3 is 0.802 bits per heavy atom. The summed E-state index contributed by atoms with van der Waals surface area (Å²) in [7, 11) is 23.3. The van der Waals surface area contributed by atoms with Crippen LogP contribution in [0.1, 0.15) is 194 Å². The van der Waals surface area contributed by atoms with Crippen molar-refractivity contribution in [1.82, 2.24) is 0 Å². The third kappa shape index (κ3) is 37.1. The summed E-state index contributed by atoms with van der Waals surface area (Å²) in [6.45, 7) is 28.3. The highest BCUT2D eigenvalue weighted by Gasteiger charge is 2.40. The van der Waals surface area contributed by atoms with Crippen molar-refractivity contribution in [2.75, 3.05) is 128 Å². The number of amides is 2. The van der Waals surface area contributed by atoms with E-state index in [4.69, 9.17) is 9.47 Å². The number of rotatable bonds is 16. The fraction of sp³-hybridized carbons (Fsp3) is 0.500. The predicted octanol–water partition coefficient (Wildman–Crippen LogP) is 18.7. The number of methoxy groups -OCH3 is 4. The molecule has 9 rings (SSSR count). The second-order valence-corrected chi connectivity index (χ2v) is 25.1. The Balaban J connectivity index is -0.000000587. The minimum Gasteiger partial charge on any atom is -0.469 e. The first-order valence-electron chi connectivity index (χ1n) is 36.4. The molecule has 0 saturated heterocycles. The molecule has 0 heterocycles. The standard InChI is InChI=1S/C21H26N2O.C16H21NO3.C14H19NO2.C12H15NO2.C9H13N.2C3H6O2.4C2H6.2CH4/c1-15-5-9-18(10-6-15)23(4)21(24)20-14-13-19(20)16-7-11-17(12-8-16)22(2)3;1-11(18)10-17(2)13-6-4-12(5-7-13)14-8-9-15(14)16(19)20-3;1-15(2)11-6-4-10(5-7-11)12-8-9-13(12)14(16)17-3;1-9-4-6-11(7-5-9)13(3)12(15)8-10(2)14;1-8-4-6-9(7-5-8)10(2)3;2*1-3(4)5-2;4*1-2;;/h5-12,19-20H,13-14H2,1-4H3;4-7,14-15H,8-10H2,1-3H3;4-7,12-13H,8-9H2,1-3H3;4-7H,8H2,1-3H3;4-7H,1-3H3;2*1-2H3;4*1-2H3;2*1H4. The van der Waals surface area contributed by atoms with E-state index < -0.39 is 0 Å². The molecular weight excluding hydrogens is 1330 g/mol. The maximum atomic E-state index is 12.9. The monoisotopic (exact) mass is 1470 g/mol. The zero-order valence-electron chi connectivity index (χ0n) is 68.6. The van der Waals surface area contributed by atoms with Crippen molar-refractivity contribution in [2.45, 2.75) is 181 Å². The molecule has 106 heavy (non-hydrogen) atoms. The summed E-state index contributed by atoms with van der Waals surface area (Å²) in [5.74, 6) is 0.535. The third-order valence-corrected chi connectivity index (χ3v) is 17.1. The molecule has 3 saturated carbocycles. The molecule has 18 nitrogen and oxygen atoms in total.